The molecule has 0 spiro atoms. The van der Waals surface area contributed by atoms with Crippen molar-refractivity contribution in [1.29, 1.82) is 0 Å². The maximum atomic E-state index is 13.2. The van der Waals surface area contributed by atoms with Gasteiger partial charge in [0.25, 0.3) is 5.56 Å². The van der Waals surface area contributed by atoms with Crippen LogP contribution in [0, 0.1) is 0 Å². The lowest BCUT2D eigenvalue weighted by Gasteiger charge is -2.22. The molecular formula is C20H18BrCl2N3O. The monoisotopic (exact) mass is 465 g/mol. The van der Waals surface area contributed by atoms with Crippen molar-refractivity contribution in [3.8, 4) is 16.9 Å². The third-order valence-electron chi connectivity index (χ3n) is 4.27. The number of anilines is 1. The molecule has 140 valence electrons. The quantitative estimate of drug-likeness (QED) is 0.475. The van der Waals surface area contributed by atoms with Gasteiger partial charge in [0.15, 0.2) is 0 Å². The molecule has 0 saturated carbocycles. The predicted octanol–water partition coefficient (Wildman–Crippen LogP) is 5.82. The molecular weight excluding hydrogens is 449 g/mol. The zero-order valence-corrected chi connectivity index (χ0v) is 18.0. The molecule has 7 heteroatoms. The van der Waals surface area contributed by atoms with Crippen molar-refractivity contribution < 1.29 is 0 Å². The van der Waals surface area contributed by atoms with Crippen LogP contribution in [0.25, 0.3) is 16.9 Å². The highest BCUT2D eigenvalue weighted by Gasteiger charge is 2.18. The summed E-state index contributed by atoms with van der Waals surface area (Å²) < 4.78 is 2.23. The summed E-state index contributed by atoms with van der Waals surface area (Å²) in [5, 5.41) is 5.31. The fourth-order valence-electron chi connectivity index (χ4n) is 2.90. The van der Waals surface area contributed by atoms with Crippen LogP contribution in [0.2, 0.25) is 10.0 Å². The third kappa shape index (κ3) is 4.05. The first-order valence-corrected chi connectivity index (χ1v) is 10.1. The molecule has 0 aliphatic carbocycles. The van der Waals surface area contributed by atoms with Crippen molar-refractivity contribution in [2.24, 2.45) is 0 Å². The van der Waals surface area contributed by atoms with Gasteiger partial charge in [0.05, 0.1) is 15.7 Å². The summed E-state index contributed by atoms with van der Waals surface area (Å²) in [5.74, 6) is 0. The van der Waals surface area contributed by atoms with Crippen LogP contribution in [0.5, 0.6) is 0 Å². The first kappa shape index (κ1) is 19.9. The second-order valence-electron chi connectivity index (χ2n) is 5.88. The van der Waals surface area contributed by atoms with Gasteiger partial charge in [-0.15, -0.1) is 0 Å². The van der Waals surface area contributed by atoms with Gasteiger partial charge in [0, 0.05) is 23.1 Å². The minimum atomic E-state index is -0.257. The molecule has 4 nitrogen and oxygen atoms in total. The average Bonchev–Trinajstić information content (AvgIpc) is 2.65. The maximum absolute atomic E-state index is 13.2. The SMILES string of the molecule is CCN(CC)c1cc(-c2cccc(Br)c2)nn(-c2c(Cl)cccc2Cl)c1=O. The van der Waals surface area contributed by atoms with E-state index in [1.54, 1.807) is 18.2 Å². The fourth-order valence-corrected chi connectivity index (χ4v) is 3.86. The van der Waals surface area contributed by atoms with Gasteiger partial charge in [-0.1, -0.05) is 57.3 Å². The summed E-state index contributed by atoms with van der Waals surface area (Å²) in [6.45, 7) is 5.41. The number of halogens is 3. The van der Waals surface area contributed by atoms with Gasteiger partial charge in [0.1, 0.15) is 11.4 Å². The van der Waals surface area contributed by atoms with Gasteiger partial charge >= 0.3 is 0 Å². The number of para-hydroxylation sites is 1. The molecule has 3 aromatic rings. The maximum Gasteiger partial charge on any atom is 0.295 e. The van der Waals surface area contributed by atoms with Crippen molar-refractivity contribution in [3.05, 3.63) is 73.4 Å². The van der Waals surface area contributed by atoms with Crippen LogP contribution in [-0.4, -0.2) is 22.9 Å². The number of hydrogen-bond donors (Lipinski definition) is 0. The third-order valence-corrected chi connectivity index (χ3v) is 5.37. The highest BCUT2D eigenvalue weighted by atomic mass is 79.9. The summed E-state index contributed by atoms with van der Waals surface area (Å²) in [5.41, 5.74) is 2.23. The smallest absolute Gasteiger partial charge is 0.295 e. The van der Waals surface area contributed by atoms with Crippen molar-refractivity contribution in [2.75, 3.05) is 18.0 Å². The first-order valence-electron chi connectivity index (χ1n) is 8.55. The summed E-state index contributed by atoms with van der Waals surface area (Å²) in [7, 11) is 0. The molecule has 2 aromatic carbocycles. The Morgan fingerprint density at radius 3 is 2.26 bits per heavy atom. The van der Waals surface area contributed by atoms with Gasteiger partial charge in [0.2, 0.25) is 0 Å². The fraction of sp³-hybridized carbons (Fsp3) is 0.200. The Bertz CT molecular complexity index is 1010. The van der Waals surface area contributed by atoms with E-state index in [0.29, 0.717) is 40.2 Å². The Kier molecular flexibility index (Phi) is 6.25. The number of benzene rings is 2. The van der Waals surface area contributed by atoms with Crippen LogP contribution in [0.1, 0.15) is 13.8 Å². The van der Waals surface area contributed by atoms with E-state index in [2.05, 4.69) is 21.0 Å². The van der Waals surface area contributed by atoms with Crippen LogP contribution < -0.4 is 10.5 Å². The van der Waals surface area contributed by atoms with E-state index in [1.807, 2.05) is 49.1 Å². The largest absolute Gasteiger partial charge is 0.368 e. The molecule has 0 aliphatic heterocycles. The van der Waals surface area contributed by atoms with E-state index >= 15 is 0 Å². The second kappa shape index (κ2) is 8.46. The Morgan fingerprint density at radius 2 is 1.67 bits per heavy atom. The molecule has 0 amide bonds. The van der Waals surface area contributed by atoms with E-state index < -0.39 is 0 Å². The minimum absolute atomic E-state index is 0.257. The molecule has 0 unspecified atom stereocenters. The van der Waals surface area contributed by atoms with Crippen LogP contribution >= 0.6 is 39.1 Å². The molecule has 0 fully saturated rings. The van der Waals surface area contributed by atoms with Crippen molar-refractivity contribution in [3.63, 3.8) is 0 Å². The number of aromatic nitrogens is 2. The lowest BCUT2D eigenvalue weighted by Crippen LogP contribution is -2.33. The molecule has 0 saturated heterocycles. The van der Waals surface area contributed by atoms with Crippen molar-refractivity contribution in [1.82, 2.24) is 9.78 Å². The molecule has 0 atom stereocenters. The molecule has 27 heavy (non-hydrogen) atoms. The zero-order valence-electron chi connectivity index (χ0n) is 14.9. The van der Waals surface area contributed by atoms with Gasteiger partial charge in [-0.25, -0.2) is 0 Å². The van der Waals surface area contributed by atoms with Crippen LogP contribution in [0.3, 0.4) is 0 Å². The van der Waals surface area contributed by atoms with E-state index in [1.165, 1.54) is 4.68 Å². The Morgan fingerprint density at radius 1 is 1.04 bits per heavy atom. The minimum Gasteiger partial charge on any atom is -0.368 e. The van der Waals surface area contributed by atoms with Crippen LogP contribution in [-0.2, 0) is 0 Å². The standard InChI is InChI=1S/C20H18BrCl2N3O/c1-3-25(4-2)18-12-17(13-7-5-8-14(21)11-13)24-26(20(18)27)19-15(22)9-6-10-16(19)23/h5-12H,3-4H2,1-2H3. The highest BCUT2D eigenvalue weighted by Crippen LogP contribution is 2.29. The predicted molar refractivity (Wildman–Crippen MR) is 117 cm³/mol. The normalized spacial score (nSPS) is 10.9. The molecule has 0 radical (unpaired) electrons. The Labute approximate surface area is 176 Å². The number of rotatable bonds is 5. The topological polar surface area (TPSA) is 38.1 Å². The van der Waals surface area contributed by atoms with E-state index in [-0.39, 0.29) is 5.56 Å². The number of nitrogens with zero attached hydrogens (tertiary/aromatic N) is 3. The summed E-state index contributed by atoms with van der Waals surface area (Å²) in [4.78, 5) is 15.2. The van der Waals surface area contributed by atoms with E-state index in [4.69, 9.17) is 23.2 Å². The van der Waals surface area contributed by atoms with Gasteiger partial charge in [-0.05, 0) is 44.2 Å². The molecule has 0 bridgehead atoms. The summed E-state index contributed by atoms with van der Waals surface area (Å²) in [6.07, 6.45) is 0. The first-order chi connectivity index (χ1) is 13.0. The molecule has 1 aromatic heterocycles. The Hall–Kier alpha value is -1.82. The van der Waals surface area contributed by atoms with E-state index in [0.717, 1.165) is 10.0 Å². The number of hydrogen-bond acceptors (Lipinski definition) is 3. The molecule has 1 heterocycles. The van der Waals surface area contributed by atoms with Gasteiger partial charge < -0.3 is 4.90 Å². The summed E-state index contributed by atoms with van der Waals surface area (Å²) in [6, 6.07) is 14.7. The lowest BCUT2D eigenvalue weighted by molar-refractivity contribution is 0.782. The van der Waals surface area contributed by atoms with Crippen LogP contribution in [0.4, 0.5) is 5.69 Å². The zero-order chi connectivity index (χ0) is 19.6. The molecule has 0 aliphatic rings. The van der Waals surface area contributed by atoms with Crippen molar-refractivity contribution in [2.45, 2.75) is 13.8 Å². The van der Waals surface area contributed by atoms with Crippen LogP contribution in [0.15, 0.2) is 57.8 Å². The highest BCUT2D eigenvalue weighted by molar-refractivity contribution is 9.10. The average molecular weight is 467 g/mol. The van der Waals surface area contributed by atoms with Gasteiger partial charge in [-0.2, -0.15) is 9.78 Å². The summed E-state index contributed by atoms with van der Waals surface area (Å²) >= 11 is 16.2. The molecule has 3 rings (SSSR count). The van der Waals surface area contributed by atoms with Crippen molar-refractivity contribution >= 4 is 44.8 Å². The Balaban J connectivity index is 2.34. The molecule has 0 N–H and O–H groups in total. The van der Waals surface area contributed by atoms with Gasteiger partial charge in [-0.3, -0.25) is 4.79 Å². The lowest BCUT2D eigenvalue weighted by atomic mass is 10.1. The van der Waals surface area contributed by atoms with E-state index in [9.17, 15) is 4.79 Å². The second-order valence-corrected chi connectivity index (χ2v) is 7.61.